The van der Waals surface area contributed by atoms with Crippen LogP contribution in [0.1, 0.15) is 30.5 Å². The monoisotopic (exact) mass is 164 g/mol. The highest BCUT2D eigenvalue weighted by molar-refractivity contribution is 5.11. The summed E-state index contributed by atoms with van der Waals surface area (Å²) in [4.78, 5) is 4.55. The molecule has 0 aliphatic carbocycles. The van der Waals surface area contributed by atoms with E-state index in [9.17, 15) is 0 Å². The Hall–Kier alpha value is -0.830. The molecule has 0 aromatic carbocycles. The average molecular weight is 164 g/mol. The number of aryl methyl sites for hydroxylation is 2. The fourth-order valence-electron chi connectivity index (χ4n) is 1.81. The van der Waals surface area contributed by atoms with E-state index in [1.165, 1.54) is 18.7 Å². The topological polar surface area (TPSA) is 30.4 Å². The van der Waals surface area contributed by atoms with Gasteiger partial charge in [-0.2, -0.15) is 0 Å². The van der Waals surface area contributed by atoms with Crippen LogP contribution in [0.2, 0.25) is 0 Å². The first kappa shape index (κ1) is 6.66. The third-order valence-electron chi connectivity index (χ3n) is 2.59. The van der Waals surface area contributed by atoms with Gasteiger partial charge in [-0.05, 0) is 12.8 Å². The summed E-state index contributed by atoms with van der Waals surface area (Å²) in [6, 6.07) is 0. The molecule has 3 nitrogen and oxygen atoms in total. The van der Waals surface area contributed by atoms with Crippen molar-refractivity contribution < 1.29 is 4.74 Å². The fourth-order valence-corrected chi connectivity index (χ4v) is 1.81. The van der Waals surface area contributed by atoms with Crippen molar-refractivity contribution in [2.24, 2.45) is 0 Å². The zero-order valence-corrected chi connectivity index (χ0v) is 6.99. The zero-order chi connectivity index (χ0) is 7.97. The zero-order valence-electron chi connectivity index (χ0n) is 6.99. The van der Waals surface area contributed by atoms with Gasteiger partial charge in [0, 0.05) is 19.2 Å². The van der Waals surface area contributed by atoms with Gasteiger partial charge in [-0.15, -0.1) is 0 Å². The second-order valence-electron chi connectivity index (χ2n) is 3.55. The molecule has 1 fully saturated rings. The maximum atomic E-state index is 5.20. The van der Waals surface area contributed by atoms with Gasteiger partial charge in [0.2, 0.25) is 0 Å². The van der Waals surface area contributed by atoms with Crippen molar-refractivity contribution in [3.05, 3.63) is 17.7 Å². The third kappa shape index (κ3) is 0.966. The van der Waals surface area contributed by atoms with Crippen LogP contribution in [-0.4, -0.2) is 16.2 Å². The van der Waals surface area contributed by atoms with E-state index in [2.05, 4.69) is 15.7 Å². The summed E-state index contributed by atoms with van der Waals surface area (Å²) in [5.41, 5.74) is 1.15. The Bertz CT molecular complexity index is 278. The van der Waals surface area contributed by atoms with E-state index in [0.717, 1.165) is 25.3 Å². The Morgan fingerprint density at radius 1 is 1.50 bits per heavy atom. The number of imidazole rings is 1. The third-order valence-corrected chi connectivity index (χ3v) is 2.59. The molecule has 1 atom stereocenters. The Kier molecular flexibility index (Phi) is 1.29. The molecule has 3 heterocycles. The van der Waals surface area contributed by atoms with E-state index < -0.39 is 0 Å². The van der Waals surface area contributed by atoms with Crippen molar-refractivity contribution in [3.63, 3.8) is 0 Å². The van der Waals surface area contributed by atoms with Crippen LogP contribution >= 0.6 is 0 Å². The lowest BCUT2D eigenvalue weighted by atomic mass is 10.2. The van der Waals surface area contributed by atoms with Gasteiger partial charge in [-0.3, -0.25) is 0 Å². The van der Waals surface area contributed by atoms with Crippen LogP contribution in [0.25, 0.3) is 0 Å². The normalized spacial score (nSPS) is 26.8. The molecular weight excluding hydrogens is 152 g/mol. The van der Waals surface area contributed by atoms with Crippen LogP contribution in [0.15, 0.2) is 6.20 Å². The second-order valence-corrected chi connectivity index (χ2v) is 3.55. The molecule has 0 N–H and O–H groups in total. The Morgan fingerprint density at radius 2 is 2.42 bits per heavy atom. The number of ether oxygens (including phenoxy) is 1. The van der Waals surface area contributed by atoms with Crippen molar-refractivity contribution in [2.45, 2.75) is 31.9 Å². The van der Waals surface area contributed by atoms with E-state index in [1.54, 1.807) is 0 Å². The summed E-state index contributed by atoms with van der Waals surface area (Å²) < 4.78 is 7.47. The molecule has 12 heavy (non-hydrogen) atoms. The number of epoxide rings is 1. The highest BCUT2D eigenvalue weighted by Gasteiger charge is 2.28. The number of fused-ring (bicyclic) bond motifs is 1. The van der Waals surface area contributed by atoms with Gasteiger partial charge in [0.15, 0.2) is 0 Å². The lowest BCUT2D eigenvalue weighted by Gasteiger charge is -2.11. The molecule has 1 aromatic rings. The SMILES string of the molecule is c1c([C@H]2CO2)nc2n1CCCC2. The second kappa shape index (κ2) is 2.33. The Morgan fingerprint density at radius 3 is 3.17 bits per heavy atom. The molecule has 0 bridgehead atoms. The van der Waals surface area contributed by atoms with Gasteiger partial charge in [0.1, 0.15) is 11.9 Å². The predicted molar refractivity (Wildman–Crippen MR) is 43.9 cm³/mol. The molecule has 0 saturated carbocycles. The fraction of sp³-hybridized carbons (Fsp3) is 0.667. The average Bonchev–Trinajstić information content (AvgIpc) is 2.85. The van der Waals surface area contributed by atoms with Gasteiger partial charge in [0.25, 0.3) is 0 Å². The van der Waals surface area contributed by atoms with Crippen LogP contribution in [0.4, 0.5) is 0 Å². The molecule has 0 radical (unpaired) electrons. The molecule has 64 valence electrons. The minimum Gasteiger partial charge on any atom is -0.366 e. The molecular formula is C9H12N2O. The Labute approximate surface area is 71.4 Å². The number of rotatable bonds is 1. The van der Waals surface area contributed by atoms with Crippen molar-refractivity contribution >= 4 is 0 Å². The minimum absolute atomic E-state index is 0.322. The van der Waals surface area contributed by atoms with Crippen LogP contribution < -0.4 is 0 Å². The molecule has 1 aromatic heterocycles. The maximum Gasteiger partial charge on any atom is 0.124 e. The first-order valence-electron chi connectivity index (χ1n) is 4.61. The molecule has 2 aliphatic rings. The largest absolute Gasteiger partial charge is 0.366 e. The van der Waals surface area contributed by atoms with Crippen molar-refractivity contribution in [3.8, 4) is 0 Å². The molecule has 2 aliphatic heterocycles. The highest BCUT2D eigenvalue weighted by atomic mass is 16.6. The summed E-state index contributed by atoms with van der Waals surface area (Å²) in [6.45, 7) is 2.02. The van der Waals surface area contributed by atoms with E-state index in [-0.39, 0.29) is 0 Å². The highest BCUT2D eigenvalue weighted by Crippen LogP contribution is 2.29. The van der Waals surface area contributed by atoms with Gasteiger partial charge >= 0.3 is 0 Å². The number of hydrogen-bond acceptors (Lipinski definition) is 2. The van der Waals surface area contributed by atoms with Crippen LogP contribution in [0, 0.1) is 0 Å². The van der Waals surface area contributed by atoms with E-state index in [0.29, 0.717) is 6.10 Å². The first-order valence-corrected chi connectivity index (χ1v) is 4.61. The van der Waals surface area contributed by atoms with Crippen molar-refractivity contribution in [2.75, 3.05) is 6.61 Å². The molecule has 0 unspecified atom stereocenters. The number of aromatic nitrogens is 2. The van der Waals surface area contributed by atoms with Crippen LogP contribution in [0.5, 0.6) is 0 Å². The number of nitrogens with zero attached hydrogens (tertiary/aromatic N) is 2. The van der Waals surface area contributed by atoms with E-state index >= 15 is 0 Å². The number of hydrogen-bond donors (Lipinski definition) is 0. The summed E-state index contributed by atoms with van der Waals surface area (Å²) in [7, 11) is 0. The molecule has 0 amide bonds. The molecule has 3 heteroatoms. The van der Waals surface area contributed by atoms with Gasteiger partial charge in [-0.25, -0.2) is 4.98 Å². The smallest absolute Gasteiger partial charge is 0.124 e. The van der Waals surface area contributed by atoms with Gasteiger partial charge < -0.3 is 9.30 Å². The maximum absolute atomic E-state index is 5.20. The first-order chi connectivity index (χ1) is 5.93. The summed E-state index contributed by atoms with van der Waals surface area (Å²) >= 11 is 0. The van der Waals surface area contributed by atoms with Crippen LogP contribution in [0.3, 0.4) is 0 Å². The molecule has 1 saturated heterocycles. The summed E-state index contributed by atoms with van der Waals surface area (Å²) in [5, 5.41) is 0. The Balaban J connectivity index is 1.97. The standard InChI is InChI=1S/C9H12N2O/c1-2-4-11-5-7(8-6-12-8)10-9(11)3-1/h5,8H,1-4,6H2/t8-/m1/s1. The summed E-state index contributed by atoms with van der Waals surface area (Å²) in [5.74, 6) is 1.26. The lowest BCUT2D eigenvalue weighted by Crippen LogP contribution is -2.08. The van der Waals surface area contributed by atoms with Crippen molar-refractivity contribution in [1.29, 1.82) is 0 Å². The van der Waals surface area contributed by atoms with E-state index in [4.69, 9.17) is 4.74 Å². The lowest BCUT2D eigenvalue weighted by molar-refractivity contribution is 0.411. The van der Waals surface area contributed by atoms with Gasteiger partial charge in [0.05, 0.1) is 12.3 Å². The minimum atomic E-state index is 0.322. The quantitative estimate of drug-likeness (QED) is 0.585. The van der Waals surface area contributed by atoms with Crippen LogP contribution in [-0.2, 0) is 17.7 Å². The van der Waals surface area contributed by atoms with E-state index in [1.807, 2.05) is 0 Å². The van der Waals surface area contributed by atoms with Gasteiger partial charge in [-0.1, -0.05) is 0 Å². The molecule has 3 rings (SSSR count). The van der Waals surface area contributed by atoms with Crippen molar-refractivity contribution in [1.82, 2.24) is 9.55 Å². The molecule has 0 spiro atoms. The predicted octanol–water partition coefficient (Wildman–Crippen LogP) is 1.29. The summed E-state index contributed by atoms with van der Waals surface area (Å²) in [6.07, 6.45) is 6.22.